The van der Waals surface area contributed by atoms with Gasteiger partial charge in [0.15, 0.2) is 0 Å². The summed E-state index contributed by atoms with van der Waals surface area (Å²) in [5, 5.41) is 4.08. The van der Waals surface area contributed by atoms with E-state index < -0.39 is 11.2 Å². The number of benzene rings is 2. The van der Waals surface area contributed by atoms with Crippen LogP contribution in [0.5, 0.6) is 0 Å². The smallest absolute Gasteiger partial charge is 0.259 e. The van der Waals surface area contributed by atoms with Crippen molar-refractivity contribution in [3.63, 3.8) is 0 Å². The van der Waals surface area contributed by atoms with Crippen LogP contribution < -0.4 is 0 Å². The van der Waals surface area contributed by atoms with Crippen LogP contribution in [0.25, 0.3) is 11.3 Å². The minimum Gasteiger partial charge on any atom is -0.360 e. The van der Waals surface area contributed by atoms with Crippen LogP contribution >= 0.6 is 11.6 Å². The average Bonchev–Trinajstić information content (AvgIpc) is 3.14. The molecule has 1 saturated heterocycles. The average molecular weight is 441 g/mol. The Hall–Kier alpha value is -2.99. The molecule has 0 N–H and O–H groups in total. The summed E-state index contributed by atoms with van der Waals surface area (Å²) < 4.78 is 19.7. The molecule has 2 aromatic carbocycles. The van der Waals surface area contributed by atoms with E-state index in [0.717, 1.165) is 5.56 Å². The van der Waals surface area contributed by atoms with Gasteiger partial charge in [0.25, 0.3) is 5.91 Å². The van der Waals surface area contributed by atoms with Gasteiger partial charge in [-0.2, -0.15) is 0 Å². The van der Waals surface area contributed by atoms with Crippen LogP contribution in [0.3, 0.4) is 0 Å². The van der Waals surface area contributed by atoms with Crippen molar-refractivity contribution in [2.45, 2.75) is 32.1 Å². The standard InChI is InChI=1S/C24H22ClFN2O3/c1-15-20(22(27-31-15)21-18(25)9-6-10-19(21)26)23(30)28-13-11-24(12-14-28,16(2)29)17-7-4-3-5-8-17/h3-10H,11-14H2,1-2H3. The molecule has 1 aliphatic heterocycles. The first kappa shape index (κ1) is 21.2. The first-order valence-corrected chi connectivity index (χ1v) is 10.5. The molecule has 0 unspecified atom stereocenters. The lowest BCUT2D eigenvalue weighted by Gasteiger charge is -2.40. The zero-order valence-corrected chi connectivity index (χ0v) is 18.1. The Morgan fingerprint density at radius 2 is 1.77 bits per heavy atom. The van der Waals surface area contributed by atoms with Gasteiger partial charge in [0, 0.05) is 13.1 Å². The van der Waals surface area contributed by atoms with Crippen LogP contribution in [0.4, 0.5) is 4.39 Å². The van der Waals surface area contributed by atoms with Crippen molar-refractivity contribution in [2.75, 3.05) is 13.1 Å². The summed E-state index contributed by atoms with van der Waals surface area (Å²) in [6, 6.07) is 14.0. The zero-order valence-electron chi connectivity index (χ0n) is 17.3. The number of carbonyl (C=O) groups excluding carboxylic acids is 2. The van der Waals surface area contributed by atoms with Gasteiger partial charge in [-0.15, -0.1) is 0 Å². The van der Waals surface area contributed by atoms with E-state index in [4.69, 9.17) is 16.1 Å². The second-order valence-corrected chi connectivity index (χ2v) is 8.26. The van der Waals surface area contributed by atoms with Crippen LogP contribution in [0.1, 0.15) is 41.4 Å². The topological polar surface area (TPSA) is 63.4 Å². The molecule has 0 bridgehead atoms. The van der Waals surface area contributed by atoms with E-state index in [2.05, 4.69) is 5.16 Å². The molecule has 1 amide bonds. The van der Waals surface area contributed by atoms with Gasteiger partial charge in [0.2, 0.25) is 0 Å². The SMILES string of the molecule is CC(=O)C1(c2ccccc2)CCN(C(=O)c2c(-c3c(F)cccc3Cl)noc2C)CC1. The van der Waals surface area contributed by atoms with Gasteiger partial charge in [0.1, 0.15) is 28.6 Å². The van der Waals surface area contributed by atoms with Crippen molar-refractivity contribution in [1.29, 1.82) is 0 Å². The number of aromatic nitrogens is 1. The number of hydrogen-bond acceptors (Lipinski definition) is 4. The van der Waals surface area contributed by atoms with E-state index in [0.29, 0.717) is 31.7 Å². The third-order valence-electron chi connectivity index (χ3n) is 6.18. The van der Waals surface area contributed by atoms with E-state index in [1.54, 1.807) is 24.8 Å². The molecule has 0 aliphatic carbocycles. The Labute approximate surface area is 184 Å². The molecule has 0 saturated carbocycles. The minimum atomic E-state index is -0.612. The molecule has 0 atom stereocenters. The zero-order chi connectivity index (χ0) is 22.2. The molecule has 160 valence electrons. The number of nitrogens with zero attached hydrogens (tertiary/aromatic N) is 2. The van der Waals surface area contributed by atoms with Gasteiger partial charge in [0.05, 0.1) is 16.0 Å². The fourth-order valence-electron chi connectivity index (χ4n) is 4.37. The molecule has 3 aromatic rings. The lowest BCUT2D eigenvalue weighted by molar-refractivity contribution is -0.124. The second kappa shape index (κ2) is 8.27. The molecule has 1 aliphatic rings. The molecule has 2 heterocycles. The fourth-order valence-corrected chi connectivity index (χ4v) is 4.62. The maximum Gasteiger partial charge on any atom is 0.259 e. The molecule has 0 radical (unpaired) electrons. The normalized spacial score (nSPS) is 15.7. The maximum atomic E-state index is 14.5. The number of carbonyl (C=O) groups is 2. The van der Waals surface area contributed by atoms with Crippen LogP contribution in [0.2, 0.25) is 5.02 Å². The molecule has 5 nitrogen and oxygen atoms in total. The van der Waals surface area contributed by atoms with Gasteiger partial charge in [-0.05, 0) is 44.4 Å². The van der Waals surface area contributed by atoms with Crippen molar-refractivity contribution in [3.05, 3.63) is 76.3 Å². The lowest BCUT2D eigenvalue weighted by Crippen LogP contribution is -2.48. The van der Waals surface area contributed by atoms with Crippen molar-refractivity contribution in [1.82, 2.24) is 10.1 Å². The molecular weight excluding hydrogens is 419 g/mol. The fraction of sp³-hybridized carbons (Fsp3) is 0.292. The predicted molar refractivity (Wildman–Crippen MR) is 116 cm³/mol. The number of ketones is 1. The van der Waals surface area contributed by atoms with Crippen molar-refractivity contribution in [2.24, 2.45) is 0 Å². The number of piperidine rings is 1. The van der Waals surface area contributed by atoms with Gasteiger partial charge in [-0.25, -0.2) is 4.39 Å². The Balaban J connectivity index is 1.63. The lowest BCUT2D eigenvalue weighted by atomic mass is 9.70. The number of halogens is 2. The monoisotopic (exact) mass is 440 g/mol. The number of likely N-dealkylation sites (tertiary alicyclic amines) is 1. The Morgan fingerprint density at radius 3 is 2.39 bits per heavy atom. The largest absolute Gasteiger partial charge is 0.360 e. The predicted octanol–water partition coefficient (Wildman–Crippen LogP) is 5.21. The van der Waals surface area contributed by atoms with Gasteiger partial charge in [-0.3, -0.25) is 9.59 Å². The third-order valence-corrected chi connectivity index (χ3v) is 6.50. The second-order valence-electron chi connectivity index (χ2n) is 7.86. The molecule has 31 heavy (non-hydrogen) atoms. The third kappa shape index (κ3) is 3.65. The van der Waals surface area contributed by atoms with Crippen LogP contribution in [-0.4, -0.2) is 34.8 Å². The number of hydrogen-bond donors (Lipinski definition) is 0. The highest BCUT2D eigenvalue weighted by Gasteiger charge is 2.42. The highest BCUT2D eigenvalue weighted by atomic mass is 35.5. The summed E-state index contributed by atoms with van der Waals surface area (Å²) >= 11 is 6.19. The molecule has 1 aromatic heterocycles. The van der Waals surface area contributed by atoms with E-state index in [1.165, 1.54) is 12.1 Å². The van der Waals surface area contributed by atoms with E-state index in [1.807, 2.05) is 30.3 Å². The van der Waals surface area contributed by atoms with Crippen molar-refractivity contribution < 1.29 is 18.5 Å². The summed E-state index contributed by atoms with van der Waals surface area (Å²) in [6.45, 7) is 4.00. The van der Waals surface area contributed by atoms with Crippen molar-refractivity contribution >= 4 is 23.3 Å². The number of aryl methyl sites for hydroxylation is 1. The quantitative estimate of drug-likeness (QED) is 0.559. The maximum absolute atomic E-state index is 14.5. The highest BCUT2D eigenvalue weighted by Crippen LogP contribution is 2.38. The highest BCUT2D eigenvalue weighted by molar-refractivity contribution is 6.33. The van der Waals surface area contributed by atoms with Crippen LogP contribution in [0.15, 0.2) is 53.1 Å². The first-order chi connectivity index (χ1) is 14.8. The Kier molecular flexibility index (Phi) is 5.67. The van der Waals surface area contributed by atoms with Crippen LogP contribution in [0, 0.1) is 12.7 Å². The molecule has 0 spiro atoms. The van der Waals surface area contributed by atoms with E-state index in [9.17, 15) is 14.0 Å². The number of rotatable bonds is 4. The number of amides is 1. The summed E-state index contributed by atoms with van der Waals surface area (Å²) in [4.78, 5) is 27.7. The Bertz CT molecular complexity index is 1110. The minimum absolute atomic E-state index is 0.0451. The summed E-state index contributed by atoms with van der Waals surface area (Å²) in [6.07, 6.45) is 1.02. The summed E-state index contributed by atoms with van der Waals surface area (Å²) in [5.74, 6) is -0.497. The van der Waals surface area contributed by atoms with E-state index in [-0.39, 0.29) is 33.5 Å². The Morgan fingerprint density at radius 1 is 1.10 bits per heavy atom. The first-order valence-electron chi connectivity index (χ1n) is 10.1. The summed E-state index contributed by atoms with van der Waals surface area (Å²) in [7, 11) is 0. The van der Waals surface area contributed by atoms with Gasteiger partial charge in [-0.1, -0.05) is 53.2 Å². The summed E-state index contributed by atoms with van der Waals surface area (Å²) in [5.41, 5.74) is 0.691. The molecular formula is C24H22ClFN2O3. The van der Waals surface area contributed by atoms with Gasteiger partial charge >= 0.3 is 0 Å². The van der Waals surface area contributed by atoms with Gasteiger partial charge < -0.3 is 9.42 Å². The molecule has 7 heteroatoms. The molecule has 4 rings (SSSR count). The van der Waals surface area contributed by atoms with E-state index >= 15 is 0 Å². The molecule has 1 fully saturated rings. The number of Topliss-reactive ketones (excluding diaryl/α,β-unsaturated/α-hetero) is 1. The van der Waals surface area contributed by atoms with Crippen molar-refractivity contribution in [3.8, 4) is 11.3 Å². The van der Waals surface area contributed by atoms with Crippen LogP contribution in [-0.2, 0) is 10.2 Å².